The first-order chi connectivity index (χ1) is 9.08. The lowest BCUT2D eigenvalue weighted by atomic mass is 10.3. The molecule has 0 saturated heterocycles. The first-order valence-electron chi connectivity index (χ1n) is 6.31. The Kier molecular flexibility index (Phi) is 4.80. The Morgan fingerprint density at radius 1 is 1.45 bits per heavy atom. The first kappa shape index (κ1) is 16.5. The maximum Gasteiger partial charge on any atom is 0.361 e. The second-order valence-electron chi connectivity index (χ2n) is 5.35. The molecular formula is C12H21N3O4S. The Bertz CT molecular complexity index is 584. The molecule has 0 amide bonds. The van der Waals surface area contributed by atoms with E-state index in [1.165, 1.54) is 10.9 Å². The summed E-state index contributed by atoms with van der Waals surface area (Å²) in [7, 11) is -3.25. The van der Waals surface area contributed by atoms with Gasteiger partial charge >= 0.3 is 5.97 Å². The number of ether oxygens (including phenoxy) is 1. The van der Waals surface area contributed by atoms with Crippen LogP contribution in [-0.2, 0) is 21.1 Å². The molecule has 0 atom stereocenters. The van der Waals surface area contributed by atoms with Gasteiger partial charge in [-0.1, -0.05) is 0 Å². The van der Waals surface area contributed by atoms with E-state index in [9.17, 15) is 13.2 Å². The predicted molar refractivity (Wildman–Crippen MR) is 76.1 cm³/mol. The summed E-state index contributed by atoms with van der Waals surface area (Å²) in [5.74, 6) is -0.678. The van der Waals surface area contributed by atoms with Crippen LogP contribution in [0.2, 0.25) is 0 Å². The molecule has 0 saturated carbocycles. The molecule has 0 radical (unpaired) electrons. The minimum atomic E-state index is -3.25. The second-order valence-corrected chi connectivity index (χ2v) is 8.21. The van der Waals surface area contributed by atoms with Crippen molar-refractivity contribution in [2.75, 3.05) is 18.1 Å². The standard InChI is InChI=1S/C12H21N3O4S/c1-5-19-11(16)10-9(13)8-15(14-10)6-7-20(17,18)12(2,3)4/h8H,5-7,13H2,1-4H3. The summed E-state index contributed by atoms with van der Waals surface area (Å²) < 4.78 is 29.3. The number of nitrogens with zero attached hydrogens (tertiary/aromatic N) is 2. The number of esters is 1. The van der Waals surface area contributed by atoms with Crippen molar-refractivity contribution in [3.05, 3.63) is 11.9 Å². The van der Waals surface area contributed by atoms with Crippen molar-refractivity contribution >= 4 is 21.5 Å². The molecule has 0 bridgehead atoms. The normalized spacial score (nSPS) is 12.4. The first-order valence-corrected chi connectivity index (χ1v) is 7.96. The van der Waals surface area contributed by atoms with E-state index in [4.69, 9.17) is 10.5 Å². The highest BCUT2D eigenvalue weighted by Crippen LogP contribution is 2.17. The summed E-state index contributed by atoms with van der Waals surface area (Å²) in [6, 6.07) is 0. The smallest absolute Gasteiger partial charge is 0.361 e. The molecule has 1 aromatic heterocycles. The fourth-order valence-electron chi connectivity index (χ4n) is 1.43. The number of hydrogen-bond donors (Lipinski definition) is 1. The molecule has 0 aliphatic carbocycles. The quantitative estimate of drug-likeness (QED) is 0.809. The molecule has 1 rings (SSSR count). The summed E-state index contributed by atoms with van der Waals surface area (Å²) in [4.78, 5) is 11.5. The molecule has 0 fully saturated rings. The molecule has 0 aliphatic rings. The lowest BCUT2D eigenvalue weighted by molar-refractivity contribution is 0.0519. The Hall–Kier alpha value is -1.57. The SMILES string of the molecule is CCOC(=O)c1nn(CCS(=O)(=O)C(C)(C)C)cc1N. The van der Waals surface area contributed by atoms with Crippen LogP contribution in [0.25, 0.3) is 0 Å². The van der Waals surface area contributed by atoms with Crippen molar-refractivity contribution in [3.63, 3.8) is 0 Å². The molecule has 0 unspecified atom stereocenters. The molecule has 8 heteroatoms. The van der Waals surface area contributed by atoms with Gasteiger partial charge in [0.25, 0.3) is 0 Å². The summed E-state index contributed by atoms with van der Waals surface area (Å²) >= 11 is 0. The van der Waals surface area contributed by atoms with Crippen molar-refractivity contribution in [1.29, 1.82) is 0 Å². The largest absolute Gasteiger partial charge is 0.461 e. The van der Waals surface area contributed by atoms with Gasteiger partial charge in [0.05, 0.1) is 29.3 Å². The number of aromatic nitrogens is 2. The van der Waals surface area contributed by atoms with Gasteiger partial charge in [-0.25, -0.2) is 13.2 Å². The maximum atomic E-state index is 12.0. The van der Waals surface area contributed by atoms with Crippen molar-refractivity contribution in [2.24, 2.45) is 0 Å². The van der Waals surface area contributed by atoms with E-state index in [0.29, 0.717) is 0 Å². The number of hydrogen-bond acceptors (Lipinski definition) is 6. The predicted octanol–water partition coefficient (Wildman–Crippen LogP) is 0.855. The lowest BCUT2D eigenvalue weighted by Gasteiger charge is -2.18. The van der Waals surface area contributed by atoms with Gasteiger partial charge in [-0.2, -0.15) is 5.10 Å². The summed E-state index contributed by atoms with van der Waals surface area (Å²) in [6.07, 6.45) is 1.43. The Morgan fingerprint density at radius 3 is 2.55 bits per heavy atom. The van der Waals surface area contributed by atoms with Gasteiger partial charge < -0.3 is 10.5 Å². The van der Waals surface area contributed by atoms with Crippen molar-refractivity contribution in [3.8, 4) is 0 Å². The Balaban J connectivity index is 2.82. The average Bonchev–Trinajstić information content (AvgIpc) is 2.67. The number of carbonyl (C=O) groups is 1. The number of aryl methyl sites for hydroxylation is 1. The van der Waals surface area contributed by atoms with E-state index in [0.717, 1.165) is 0 Å². The van der Waals surface area contributed by atoms with Gasteiger partial charge in [-0.3, -0.25) is 4.68 Å². The summed E-state index contributed by atoms with van der Waals surface area (Å²) in [5, 5.41) is 3.97. The highest BCUT2D eigenvalue weighted by molar-refractivity contribution is 7.92. The van der Waals surface area contributed by atoms with Crippen LogP contribution in [0.5, 0.6) is 0 Å². The van der Waals surface area contributed by atoms with E-state index in [1.807, 2.05) is 0 Å². The van der Waals surface area contributed by atoms with Gasteiger partial charge in [0.15, 0.2) is 15.5 Å². The van der Waals surface area contributed by atoms with Crippen LogP contribution in [0.3, 0.4) is 0 Å². The minimum absolute atomic E-state index is 0.0139. The van der Waals surface area contributed by atoms with Crippen LogP contribution in [0.15, 0.2) is 6.20 Å². The van der Waals surface area contributed by atoms with Gasteiger partial charge in [0.1, 0.15) is 0 Å². The van der Waals surface area contributed by atoms with Gasteiger partial charge in [0.2, 0.25) is 0 Å². The van der Waals surface area contributed by atoms with E-state index < -0.39 is 20.6 Å². The molecule has 20 heavy (non-hydrogen) atoms. The topological polar surface area (TPSA) is 104 Å². The van der Waals surface area contributed by atoms with E-state index >= 15 is 0 Å². The van der Waals surface area contributed by atoms with Gasteiger partial charge in [-0.05, 0) is 27.7 Å². The maximum absolute atomic E-state index is 12.0. The van der Waals surface area contributed by atoms with Crippen LogP contribution in [0.1, 0.15) is 38.2 Å². The fourth-order valence-corrected chi connectivity index (χ4v) is 2.47. The van der Waals surface area contributed by atoms with E-state index in [-0.39, 0.29) is 30.3 Å². The number of nitrogen functional groups attached to an aromatic ring is 1. The molecule has 2 N–H and O–H groups in total. The molecule has 7 nitrogen and oxygen atoms in total. The molecule has 0 aliphatic heterocycles. The van der Waals surface area contributed by atoms with Crippen molar-refractivity contribution in [1.82, 2.24) is 9.78 Å². The number of sulfone groups is 1. The van der Waals surface area contributed by atoms with Crippen molar-refractivity contribution in [2.45, 2.75) is 39.0 Å². The van der Waals surface area contributed by atoms with Crippen LogP contribution in [0.4, 0.5) is 5.69 Å². The molecular weight excluding hydrogens is 282 g/mol. The average molecular weight is 303 g/mol. The second kappa shape index (κ2) is 5.82. The number of carbonyl (C=O) groups excluding carboxylic acids is 1. The van der Waals surface area contributed by atoms with E-state index in [1.54, 1.807) is 27.7 Å². The van der Waals surface area contributed by atoms with Crippen LogP contribution >= 0.6 is 0 Å². The summed E-state index contributed by atoms with van der Waals surface area (Å²) in [5.41, 5.74) is 5.86. The zero-order chi connectivity index (χ0) is 15.6. The Labute approximate surface area is 119 Å². The highest BCUT2D eigenvalue weighted by atomic mass is 32.2. The zero-order valence-corrected chi connectivity index (χ0v) is 13.0. The third kappa shape index (κ3) is 3.72. The van der Waals surface area contributed by atoms with Crippen molar-refractivity contribution < 1.29 is 17.9 Å². The molecule has 0 aromatic carbocycles. The molecule has 1 aromatic rings. The Morgan fingerprint density at radius 2 is 2.05 bits per heavy atom. The van der Waals surface area contributed by atoms with E-state index in [2.05, 4.69) is 5.10 Å². The van der Waals surface area contributed by atoms with Gasteiger partial charge in [-0.15, -0.1) is 0 Å². The third-order valence-corrected chi connectivity index (χ3v) is 5.37. The molecule has 114 valence electrons. The van der Waals surface area contributed by atoms with Crippen LogP contribution in [0, 0.1) is 0 Å². The highest BCUT2D eigenvalue weighted by Gasteiger charge is 2.28. The summed E-state index contributed by atoms with van der Waals surface area (Å²) in [6.45, 7) is 6.98. The monoisotopic (exact) mass is 303 g/mol. The number of rotatable bonds is 5. The number of nitrogens with two attached hydrogens (primary N) is 1. The fraction of sp³-hybridized carbons (Fsp3) is 0.667. The zero-order valence-electron chi connectivity index (χ0n) is 12.2. The third-order valence-electron chi connectivity index (χ3n) is 2.78. The molecule has 0 spiro atoms. The van der Waals surface area contributed by atoms with Gasteiger partial charge in [0, 0.05) is 6.20 Å². The van der Waals surface area contributed by atoms with Crippen LogP contribution < -0.4 is 5.73 Å². The number of anilines is 1. The van der Waals surface area contributed by atoms with Crippen LogP contribution in [-0.4, -0.2) is 41.3 Å². The molecule has 1 heterocycles. The minimum Gasteiger partial charge on any atom is -0.461 e. The lowest BCUT2D eigenvalue weighted by Crippen LogP contribution is -2.32.